The molecule has 0 spiro atoms. The first kappa shape index (κ1) is 17.0. The molecular weight excluding hydrogens is 381 g/mol. The first-order chi connectivity index (χ1) is 13.5. The predicted molar refractivity (Wildman–Crippen MR) is 100 cm³/mol. The minimum absolute atomic E-state index is 0.167. The van der Waals surface area contributed by atoms with Gasteiger partial charge >= 0.3 is 0 Å². The molecule has 2 aromatic carbocycles. The maximum Gasteiger partial charge on any atom is 0.240 e. The summed E-state index contributed by atoms with van der Waals surface area (Å²) in [5.41, 5.74) is 2.10. The van der Waals surface area contributed by atoms with Crippen LogP contribution < -0.4 is 4.90 Å². The second-order valence-corrected chi connectivity index (χ2v) is 7.48. The lowest BCUT2D eigenvalue weighted by Gasteiger charge is -2.33. The molecule has 138 valence electrons. The molecule has 28 heavy (non-hydrogen) atoms. The Balaban J connectivity index is 1.63. The Morgan fingerprint density at radius 2 is 1.82 bits per heavy atom. The molecule has 3 aliphatic rings. The molecule has 7 heteroatoms. The molecule has 2 saturated heterocycles. The summed E-state index contributed by atoms with van der Waals surface area (Å²) in [5, 5.41) is 9.60. The van der Waals surface area contributed by atoms with Crippen molar-refractivity contribution in [3.8, 4) is 6.07 Å². The lowest BCUT2D eigenvalue weighted by molar-refractivity contribution is -0.123. The van der Waals surface area contributed by atoms with Gasteiger partial charge in [-0.2, -0.15) is 5.26 Å². The van der Waals surface area contributed by atoms with Gasteiger partial charge in [-0.1, -0.05) is 35.9 Å². The van der Waals surface area contributed by atoms with Gasteiger partial charge in [-0.05, 0) is 35.4 Å². The van der Waals surface area contributed by atoms with Crippen molar-refractivity contribution in [3.05, 3.63) is 70.6 Å². The lowest BCUT2D eigenvalue weighted by atomic mass is 9.85. The van der Waals surface area contributed by atoms with Crippen molar-refractivity contribution in [3.63, 3.8) is 0 Å². The summed E-state index contributed by atoms with van der Waals surface area (Å²) in [6, 6.07) is 12.4. The van der Waals surface area contributed by atoms with Crippen LogP contribution >= 0.6 is 11.6 Å². The fraction of sp³-hybridized carbons (Fsp3) is 0.190. The molecular formula is C21H13ClFN3O2. The molecule has 2 aromatic rings. The maximum atomic E-state index is 13.5. The van der Waals surface area contributed by atoms with Gasteiger partial charge in [0.1, 0.15) is 11.9 Å². The van der Waals surface area contributed by atoms with E-state index in [-0.39, 0.29) is 10.7 Å². The fourth-order valence-corrected chi connectivity index (χ4v) is 4.76. The summed E-state index contributed by atoms with van der Waals surface area (Å²) in [6.07, 6.45) is 3.68. The molecule has 0 saturated carbocycles. The van der Waals surface area contributed by atoms with E-state index in [0.717, 1.165) is 22.1 Å². The number of rotatable bonds is 1. The predicted octanol–water partition coefficient (Wildman–Crippen LogP) is 3.52. The Morgan fingerprint density at radius 3 is 2.57 bits per heavy atom. The highest BCUT2D eigenvalue weighted by molar-refractivity contribution is 6.31. The highest BCUT2D eigenvalue weighted by Gasteiger charge is 2.63. The molecule has 2 amide bonds. The topological polar surface area (TPSA) is 64.4 Å². The first-order valence-electron chi connectivity index (χ1n) is 8.80. The Kier molecular flexibility index (Phi) is 3.58. The number of hydrogen-bond donors (Lipinski definition) is 0. The van der Waals surface area contributed by atoms with Crippen LogP contribution in [0.1, 0.15) is 17.2 Å². The third-order valence-corrected chi connectivity index (χ3v) is 6.04. The SMILES string of the molecule is N#C[C@@H]1[C@@H]2C(=O)N(c3ccc(F)c(Cl)c3)C(=O)[C@@H]2[C@H]2c3ccccc3C=CN12. The molecule has 0 N–H and O–H groups in total. The number of anilines is 1. The molecule has 5 nitrogen and oxygen atoms in total. The van der Waals surface area contributed by atoms with E-state index in [1.807, 2.05) is 35.2 Å². The van der Waals surface area contributed by atoms with Gasteiger partial charge in [-0.3, -0.25) is 9.59 Å². The van der Waals surface area contributed by atoms with Crippen LogP contribution in [-0.2, 0) is 9.59 Å². The van der Waals surface area contributed by atoms with Crippen LogP contribution in [0.25, 0.3) is 6.08 Å². The van der Waals surface area contributed by atoms with E-state index >= 15 is 0 Å². The Hall–Kier alpha value is -3.17. The first-order valence-corrected chi connectivity index (χ1v) is 9.18. The van der Waals surface area contributed by atoms with E-state index < -0.39 is 41.6 Å². The molecule has 4 atom stereocenters. The molecule has 0 bridgehead atoms. The van der Waals surface area contributed by atoms with Crippen LogP contribution in [0.3, 0.4) is 0 Å². The Morgan fingerprint density at radius 1 is 1.07 bits per heavy atom. The van der Waals surface area contributed by atoms with Crippen LogP contribution in [0.4, 0.5) is 10.1 Å². The number of halogens is 2. The van der Waals surface area contributed by atoms with E-state index in [4.69, 9.17) is 11.6 Å². The number of carbonyl (C=O) groups excluding carboxylic acids is 2. The minimum Gasteiger partial charge on any atom is -0.353 e. The van der Waals surface area contributed by atoms with Gasteiger partial charge < -0.3 is 4.90 Å². The molecule has 3 heterocycles. The smallest absolute Gasteiger partial charge is 0.240 e. The highest BCUT2D eigenvalue weighted by Crippen LogP contribution is 2.52. The summed E-state index contributed by atoms with van der Waals surface area (Å²) in [4.78, 5) is 29.4. The van der Waals surface area contributed by atoms with Crippen molar-refractivity contribution in [2.24, 2.45) is 11.8 Å². The zero-order valence-corrected chi connectivity index (χ0v) is 15.2. The number of hydrogen-bond acceptors (Lipinski definition) is 4. The van der Waals surface area contributed by atoms with Crippen molar-refractivity contribution in [1.82, 2.24) is 4.90 Å². The monoisotopic (exact) mass is 393 g/mol. The summed E-state index contributed by atoms with van der Waals surface area (Å²) < 4.78 is 13.5. The third kappa shape index (κ3) is 2.11. The van der Waals surface area contributed by atoms with Gasteiger partial charge in [0.15, 0.2) is 0 Å². The highest BCUT2D eigenvalue weighted by atomic mass is 35.5. The molecule has 5 rings (SSSR count). The number of fused-ring (bicyclic) bond motifs is 5. The van der Waals surface area contributed by atoms with Crippen LogP contribution in [0.2, 0.25) is 5.02 Å². The van der Waals surface area contributed by atoms with Crippen molar-refractivity contribution >= 4 is 35.2 Å². The molecule has 3 aliphatic heterocycles. The van der Waals surface area contributed by atoms with E-state index in [1.165, 1.54) is 12.1 Å². The van der Waals surface area contributed by atoms with Gasteiger partial charge in [-0.25, -0.2) is 9.29 Å². The van der Waals surface area contributed by atoms with E-state index in [2.05, 4.69) is 6.07 Å². The minimum atomic E-state index is -0.790. The number of benzene rings is 2. The summed E-state index contributed by atoms with van der Waals surface area (Å²) in [5.74, 6) is -2.95. The van der Waals surface area contributed by atoms with Crippen molar-refractivity contribution in [2.75, 3.05) is 4.90 Å². The number of carbonyl (C=O) groups is 2. The molecule has 0 aliphatic carbocycles. The van der Waals surface area contributed by atoms with E-state index in [9.17, 15) is 19.2 Å². The largest absolute Gasteiger partial charge is 0.353 e. The van der Waals surface area contributed by atoms with Gasteiger partial charge in [-0.15, -0.1) is 0 Å². The zero-order valence-electron chi connectivity index (χ0n) is 14.4. The second-order valence-electron chi connectivity index (χ2n) is 7.07. The number of nitriles is 1. The van der Waals surface area contributed by atoms with Crippen molar-refractivity contribution in [2.45, 2.75) is 12.1 Å². The van der Waals surface area contributed by atoms with Gasteiger partial charge in [0, 0.05) is 6.20 Å². The summed E-state index contributed by atoms with van der Waals surface area (Å²) in [6.45, 7) is 0. The standard InChI is InChI=1S/C21H13ClFN3O2/c22-14-9-12(5-6-15(14)23)26-20(27)17-16(10-24)25-8-7-11-3-1-2-4-13(11)19(25)18(17)21(26)28/h1-9,16-19H/t16-,17+,18+,19-/m1/s1. The Bertz CT molecular complexity index is 1110. The van der Waals surface area contributed by atoms with Crippen LogP contribution in [0, 0.1) is 29.0 Å². The number of amides is 2. The molecule has 2 fully saturated rings. The summed E-state index contributed by atoms with van der Waals surface area (Å²) >= 11 is 5.85. The van der Waals surface area contributed by atoms with E-state index in [0.29, 0.717) is 0 Å². The number of nitrogens with zero attached hydrogens (tertiary/aromatic N) is 3. The van der Waals surface area contributed by atoms with Crippen LogP contribution in [0.15, 0.2) is 48.7 Å². The maximum absolute atomic E-state index is 13.5. The molecule has 0 radical (unpaired) electrons. The Labute approximate surface area is 165 Å². The molecule has 0 unspecified atom stereocenters. The van der Waals surface area contributed by atoms with Crippen LogP contribution in [-0.4, -0.2) is 22.8 Å². The average molecular weight is 394 g/mol. The van der Waals surface area contributed by atoms with Gasteiger partial charge in [0.05, 0.1) is 34.7 Å². The third-order valence-electron chi connectivity index (χ3n) is 5.76. The van der Waals surface area contributed by atoms with E-state index in [1.54, 1.807) is 6.20 Å². The van der Waals surface area contributed by atoms with Crippen LogP contribution in [0.5, 0.6) is 0 Å². The summed E-state index contributed by atoms with van der Waals surface area (Å²) in [7, 11) is 0. The zero-order chi connectivity index (χ0) is 19.6. The van der Waals surface area contributed by atoms with Crippen molar-refractivity contribution < 1.29 is 14.0 Å². The normalized spacial score (nSPS) is 27.5. The van der Waals surface area contributed by atoms with Gasteiger partial charge in [0.2, 0.25) is 11.8 Å². The quantitative estimate of drug-likeness (QED) is 0.695. The number of imide groups is 1. The lowest BCUT2D eigenvalue weighted by Crippen LogP contribution is -2.40. The van der Waals surface area contributed by atoms with Gasteiger partial charge in [0.25, 0.3) is 0 Å². The molecule has 0 aromatic heterocycles. The average Bonchev–Trinajstić information content (AvgIpc) is 3.17. The second kappa shape index (κ2) is 5.91. The van der Waals surface area contributed by atoms with Crippen molar-refractivity contribution in [1.29, 1.82) is 5.26 Å². The fourth-order valence-electron chi connectivity index (χ4n) is 4.58.